The highest BCUT2D eigenvalue weighted by Gasteiger charge is 2.31. The van der Waals surface area contributed by atoms with Crippen LogP contribution in [0.25, 0.3) is 0 Å². The van der Waals surface area contributed by atoms with E-state index in [0.29, 0.717) is 6.42 Å². The van der Waals surface area contributed by atoms with Crippen molar-refractivity contribution >= 4 is 11.6 Å². The summed E-state index contributed by atoms with van der Waals surface area (Å²) in [6.07, 6.45) is 2.70. The van der Waals surface area contributed by atoms with Crippen molar-refractivity contribution in [1.82, 2.24) is 0 Å². The van der Waals surface area contributed by atoms with Crippen LogP contribution in [0.3, 0.4) is 0 Å². The van der Waals surface area contributed by atoms with Gasteiger partial charge in [0.05, 0.1) is 12.5 Å². The average Bonchev–Trinajstić information content (AvgIpc) is 2.43. The summed E-state index contributed by atoms with van der Waals surface area (Å²) in [6.45, 7) is 4.48. The van der Waals surface area contributed by atoms with Gasteiger partial charge in [0.15, 0.2) is 0 Å². The van der Waals surface area contributed by atoms with Gasteiger partial charge in [0, 0.05) is 5.02 Å². The fourth-order valence-electron chi connectivity index (χ4n) is 2.41. The topological polar surface area (TPSA) is 23.8 Å². The Hall–Kier alpha value is -1.00. The number of nitriles is 1. The van der Waals surface area contributed by atoms with Crippen LogP contribution < -0.4 is 0 Å². The van der Waals surface area contributed by atoms with Gasteiger partial charge in [-0.05, 0) is 47.1 Å². The minimum absolute atomic E-state index is 0.213. The molecule has 0 unspecified atom stereocenters. The molecule has 0 N–H and O–H groups in total. The number of benzene rings is 1. The zero-order valence-electron chi connectivity index (χ0n) is 9.10. The van der Waals surface area contributed by atoms with E-state index in [1.807, 2.05) is 6.07 Å². The summed E-state index contributed by atoms with van der Waals surface area (Å²) >= 11 is 6.08. The third kappa shape index (κ3) is 1.75. The molecule has 1 aliphatic rings. The smallest absolute Gasteiger partial charge is 0.0669 e. The van der Waals surface area contributed by atoms with Gasteiger partial charge in [-0.2, -0.15) is 5.26 Å². The number of nitrogens with zero attached hydrogens (tertiary/aromatic N) is 1. The molecule has 0 saturated heterocycles. The van der Waals surface area contributed by atoms with Crippen molar-refractivity contribution in [3.8, 4) is 6.07 Å². The Morgan fingerprint density at radius 1 is 1.47 bits per heavy atom. The first-order valence-electron chi connectivity index (χ1n) is 5.23. The van der Waals surface area contributed by atoms with Gasteiger partial charge in [0.25, 0.3) is 0 Å². The van der Waals surface area contributed by atoms with Gasteiger partial charge in [-0.25, -0.2) is 0 Å². The lowest BCUT2D eigenvalue weighted by Crippen LogP contribution is -2.12. The number of hydrogen-bond donors (Lipinski definition) is 0. The molecule has 78 valence electrons. The van der Waals surface area contributed by atoms with Crippen LogP contribution >= 0.6 is 11.6 Å². The maximum absolute atomic E-state index is 8.78. The molecular formula is C13H14ClN. The zero-order chi connectivity index (χ0) is 11.1. The van der Waals surface area contributed by atoms with Crippen LogP contribution in [0.15, 0.2) is 12.1 Å². The van der Waals surface area contributed by atoms with Gasteiger partial charge in [-0.1, -0.05) is 25.4 Å². The van der Waals surface area contributed by atoms with Crippen molar-refractivity contribution in [1.29, 1.82) is 5.26 Å². The molecule has 2 heteroatoms. The predicted molar refractivity (Wildman–Crippen MR) is 62.1 cm³/mol. The van der Waals surface area contributed by atoms with Crippen molar-refractivity contribution in [3.05, 3.63) is 33.8 Å². The largest absolute Gasteiger partial charge is 0.198 e. The quantitative estimate of drug-likeness (QED) is 0.708. The van der Waals surface area contributed by atoms with Crippen LogP contribution in [-0.2, 0) is 18.3 Å². The number of fused-ring (bicyclic) bond motifs is 1. The molecule has 2 rings (SSSR count). The van der Waals surface area contributed by atoms with E-state index in [9.17, 15) is 0 Å². The summed E-state index contributed by atoms with van der Waals surface area (Å²) in [7, 11) is 0. The minimum atomic E-state index is 0.213. The lowest BCUT2D eigenvalue weighted by molar-refractivity contribution is 0.522. The molecule has 0 amide bonds. The van der Waals surface area contributed by atoms with E-state index in [-0.39, 0.29) is 5.41 Å². The van der Waals surface area contributed by atoms with E-state index in [1.165, 1.54) is 11.1 Å². The van der Waals surface area contributed by atoms with Crippen molar-refractivity contribution in [2.45, 2.75) is 38.5 Å². The summed E-state index contributed by atoms with van der Waals surface area (Å²) in [4.78, 5) is 0. The first-order chi connectivity index (χ1) is 7.04. The van der Waals surface area contributed by atoms with Gasteiger partial charge >= 0.3 is 0 Å². The number of hydrogen-bond acceptors (Lipinski definition) is 1. The fraction of sp³-hybridized carbons (Fsp3) is 0.462. The summed E-state index contributed by atoms with van der Waals surface area (Å²) in [5.74, 6) is 0. The van der Waals surface area contributed by atoms with Crippen LogP contribution in [-0.4, -0.2) is 0 Å². The molecule has 0 radical (unpaired) electrons. The Morgan fingerprint density at radius 3 is 2.87 bits per heavy atom. The molecule has 0 bridgehead atoms. The Labute approximate surface area is 95.7 Å². The third-order valence-corrected chi connectivity index (χ3v) is 3.52. The van der Waals surface area contributed by atoms with Crippen LogP contribution in [0.4, 0.5) is 0 Å². The highest BCUT2D eigenvalue weighted by atomic mass is 35.5. The first kappa shape index (κ1) is 10.5. The third-order valence-electron chi connectivity index (χ3n) is 3.31. The standard InChI is InChI=1S/C13H14ClN/c1-13(2)5-3-11-9(4-6-15)7-10(14)8-12(11)13/h7-8H,3-5H2,1-2H3. The maximum atomic E-state index is 8.78. The molecule has 15 heavy (non-hydrogen) atoms. The highest BCUT2D eigenvalue weighted by molar-refractivity contribution is 6.30. The van der Waals surface area contributed by atoms with E-state index >= 15 is 0 Å². The monoisotopic (exact) mass is 219 g/mol. The van der Waals surface area contributed by atoms with E-state index < -0.39 is 0 Å². The summed E-state index contributed by atoms with van der Waals surface area (Å²) in [6, 6.07) is 6.21. The minimum Gasteiger partial charge on any atom is -0.198 e. The van der Waals surface area contributed by atoms with Crippen LogP contribution in [0, 0.1) is 11.3 Å². The maximum Gasteiger partial charge on any atom is 0.0669 e. The van der Waals surface area contributed by atoms with Crippen molar-refractivity contribution in [2.75, 3.05) is 0 Å². The van der Waals surface area contributed by atoms with Crippen LogP contribution in [0.5, 0.6) is 0 Å². The summed E-state index contributed by atoms with van der Waals surface area (Å²) in [5.41, 5.74) is 4.02. The van der Waals surface area contributed by atoms with Gasteiger partial charge < -0.3 is 0 Å². The van der Waals surface area contributed by atoms with Gasteiger partial charge in [-0.15, -0.1) is 0 Å². The Kier molecular flexibility index (Phi) is 2.48. The molecule has 0 fully saturated rings. The Balaban J connectivity index is 2.58. The van der Waals surface area contributed by atoms with Crippen molar-refractivity contribution in [3.63, 3.8) is 0 Å². The Bertz CT molecular complexity index is 441. The predicted octanol–water partition coefficient (Wildman–Crippen LogP) is 3.63. The average molecular weight is 220 g/mol. The first-order valence-corrected chi connectivity index (χ1v) is 5.61. The second-order valence-corrected chi connectivity index (χ2v) is 5.25. The molecule has 1 aromatic rings. The molecule has 0 spiro atoms. The normalized spacial score (nSPS) is 17.2. The molecule has 1 aromatic carbocycles. The van der Waals surface area contributed by atoms with Gasteiger partial charge in [0.1, 0.15) is 0 Å². The highest BCUT2D eigenvalue weighted by Crippen LogP contribution is 2.41. The Morgan fingerprint density at radius 2 is 2.20 bits per heavy atom. The fourth-order valence-corrected chi connectivity index (χ4v) is 2.65. The summed E-state index contributed by atoms with van der Waals surface area (Å²) in [5, 5.41) is 9.54. The second kappa shape index (κ2) is 3.54. The summed E-state index contributed by atoms with van der Waals surface area (Å²) < 4.78 is 0. The molecule has 0 atom stereocenters. The van der Waals surface area contributed by atoms with E-state index in [1.54, 1.807) is 0 Å². The second-order valence-electron chi connectivity index (χ2n) is 4.81. The molecule has 1 aliphatic carbocycles. The molecule has 0 saturated carbocycles. The van der Waals surface area contributed by atoms with E-state index in [0.717, 1.165) is 23.4 Å². The van der Waals surface area contributed by atoms with E-state index in [4.69, 9.17) is 16.9 Å². The van der Waals surface area contributed by atoms with Crippen molar-refractivity contribution < 1.29 is 0 Å². The van der Waals surface area contributed by atoms with Crippen LogP contribution in [0.1, 0.15) is 37.0 Å². The number of halogens is 1. The van der Waals surface area contributed by atoms with Gasteiger partial charge in [0.2, 0.25) is 0 Å². The molecule has 1 nitrogen and oxygen atoms in total. The lowest BCUT2D eigenvalue weighted by atomic mass is 9.86. The number of rotatable bonds is 1. The van der Waals surface area contributed by atoms with E-state index in [2.05, 4.69) is 26.0 Å². The molecule has 0 aromatic heterocycles. The molecule has 0 heterocycles. The van der Waals surface area contributed by atoms with Gasteiger partial charge in [-0.3, -0.25) is 0 Å². The van der Waals surface area contributed by atoms with Crippen LogP contribution in [0.2, 0.25) is 5.02 Å². The lowest BCUT2D eigenvalue weighted by Gasteiger charge is -2.19. The van der Waals surface area contributed by atoms with Crippen molar-refractivity contribution in [2.24, 2.45) is 0 Å². The SMILES string of the molecule is CC1(C)CCc2c(CC#N)cc(Cl)cc21. The molecular weight excluding hydrogens is 206 g/mol. The zero-order valence-corrected chi connectivity index (χ0v) is 9.86. The molecule has 0 aliphatic heterocycles.